The number of amides is 1. The number of benzene rings is 1. The van der Waals surface area contributed by atoms with Crippen LogP contribution < -0.4 is 4.74 Å². The second kappa shape index (κ2) is 10.5. The molecule has 0 N–H and O–H groups in total. The molecule has 2 heterocycles. The first kappa shape index (κ1) is 27.7. The van der Waals surface area contributed by atoms with Gasteiger partial charge < -0.3 is 23.7 Å². The van der Waals surface area contributed by atoms with Crippen LogP contribution >= 0.6 is 23.2 Å². The maximum absolute atomic E-state index is 13.2. The average Bonchev–Trinajstić information content (AvgIpc) is 3.50. The van der Waals surface area contributed by atoms with Gasteiger partial charge in [-0.05, 0) is 59.4 Å². The van der Waals surface area contributed by atoms with E-state index in [4.69, 9.17) is 41.8 Å². The SMILES string of the molecule is C=CCOc1cc(Cl)c(Cl)cc1C(=N[S+]([O-])C(C)(C)C)C1CC2CC1CN2C(=O)[C@H]1COC(C)(C)O1. The summed E-state index contributed by atoms with van der Waals surface area (Å²) >= 11 is 11.2. The normalized spacial score (nSPS) is 28.4. The highest BCUT2D eigenvalue weighted by Gasteiger charge is 2.52. The van der Waals surface area contributed by atoms with Crippen LogP contribution in [0.5, 0.6) is 5.75 Å². The van der Waals surface area contributed by atoms with Crippen molar-refractivity contribution in [1.82, 2.24) is 4.90 Å². The molecule has 36 heavy (non-hydrogen) atoms. The second-order valence-electron chi connectivity index (χ2n) is 11.0. The minimum Gasteiger partial charge on any atom is -0.591 e. The van der Waals surface area contributed by atoms with E-state index < -0.39 is 28.0 Å². The number of carbonyl (C=O) groups is 1. The fourth-order valence-electron chi connectivity index (χ4n) is 5.09. The van der Waals surface area contributed by atoms with E-state index in [9.17, 15) is 9.35 Å². The minimum atomic E-state index is -1.50. The van der Waals surface area contributed by atoms with Gasteiger partial charge in [0, 0.05) is 30.1 Å². The maximum Gasteiger partial charge on any atom is 0.254 e. The third-order valence-electron chi connectivity index (χ3n) is 6.82. The Balaban J connectivity index is 1.64. The standard InChI is InChI=1S/C26H34Cl2N2O5S/c1-7-8-33-21-12-20(28)19(27)11-18(21)23(29-36(32)25(2,3)4)17-10-16-9-15(17)13-30(16)24(31)22-14-34-26(5,6)35-22/h7,11-12,15-17,22H,1,8-10,13-14H2,2-6H3/t15?,16?,17?,22-,36?/m1/s1. The van der Waals surface area contributed by atoms with Crippen LogP contribution in [0, 0.1) is 11.8 Å². The highest BCUT2D eigenvalue weighted by molar-refractivity contribution is 7.91. The molecule has 2 aliphatic heterocycles. The van der Waals surface area contributed by atoms with Gasteiger partial charge in [0.25, 0.3) is 5.91 Å². The van der Waals surface area contributed by atoms with E-state index >= 15 is 0 Å². The molecule has 4 rings (SSSR count). The Hall–Kier alpha value is -1.29. The van der Waals surface area contributed by atoms with Gasteiger partial charge in [-0.25, -0.2) is 0 Å². The van der Waals surface area contributed by atoms with Gasteiger partial charge in [-0.1, -0.05) is 40.3 Å². The third kappa shape index (κ3) is 5.74. The molecule has 1 aromatic carbocycles. The fourth-order valence-corrected chi connectivity index (χ4v) is 6.10. The highest BCUT2D eigenvalue weighted by atomic mass is 35.5. The van der Waals surface area contributed by atoms with E-state index in [2.05, 4.69) is 6.58 Å². The molecule has 4 unspecified atom stereocenters. The fraction of sp³-hybridized carbons (Fsp3) is 0.615. The van der Waals surface area contributed by atoms with Crippen molar-refractivity contribution in [3.05, 3.63) is 40.4 Å². The first-order valence-corrected chi connectivity index (χ1v) is 14.0. The van der Waals surface area contributed by atoms with Gasteiger partial charge in [-0.3, -0.25) is 4.79 Å². The quantitative estimate of drug-likeness (QED) is 0.262. The van der Waals surface area contributed by atoms with Crippen molar-refractivity contribution in [3.63, 3.8) is 0 Å². The summed E-state index contributed by atoms with van der Waals surface area (Å²) in [5.74, 6) is -0.123. The topological polar surface area (TPSA) is 83.4 Å². The molecule has 5 atom stereocenters. The van der Waals surface area contributed by atoms with Crippen LogP contribution in [0.2, 0.25) is 10.0 Å². The number of nitrogens with zero attached hydrogens (tertiary/aromatic N) is 2. The molecule has 1 aliphatic carbocycles. The van der Waals surface area contributed by atoms with Crippen LogP contribution in [-0.2, 0) is 25.6 Å². The predicted molar refractivity (Wildman–Crippen MR) is 143 cm³/mol. The molecule has 2 bridgehead atoms. The lowest BCUT2D eigenvalue weighted by atomic mass is 9.86. The van der Waals surface area contributed by atoms with E-state index in [1.54, 1.807) is 18.2 Å². The maximum atomic E-state index is 13.2. The minimum absolute atomic E-state index is 0.00846. The molecule has 1 aromatic rings. The number of likely N-dealkylation sites (tertiary alicyclic amines) is 1. The summed E-state index contributed by atoms with van der Waals surface area (Å²) in [6.45, 7) is 14.1. The second-order valence-corrected chi connectivity index (χ2v) is 13.7. The van der Waals surface area contributed by atoms with Gasteiger partial charge in [0.2, 0.25) is 0 Å². The number of fused-ring (bicyclic) bond motifs is 2. The van der Waals surface area contributed by atoms with Crippen molar-refractivity contribution in [2.45, 2.75) is 70.1 Å². The van der Waals surface area contributed by atoms with E-state index in [-0.39, 0.29) is 37.0 Å². The first-order chi connectivity index (χ1) is 16.8. The monoisotopic (exact) mass is 556 g/mol. The highest BCUT2D eigenvalue weighted by Crippen LogP contribution is 2.46. The summed E-state index contributed by atoms with van der Waals surface area (Å²) in [5, 5.41) is 0.731. The third-order valence-corrected chi connectivity index (χ3v) is 8.95. The molecule has 0 spiro atoms. The molecule has 1 saturated carbocycles. The number of hydrogen-bond donors (Lipinski definition) is 0. The Morgan fingerprint density at radius 1 is 1.33 bits per heavy atom. The lowest BCUT2D eigenvalue weighted by Gasteiger charge is -2.34. The summed E-state index contributed by atoms with van der Waals surface area (Å²) in [7, 11) is 0. The molecule has 1 amide bonds. The summed E-state index contributed by atoms with van der Waals surface area (Å²) in [4.78, 5) is 15.1. The molecular formula is C26H34Cl2N2O5S. The lowest BCUT2D eigenvalue weighted by Crippen LogP contribution is -2.47. The number of carbonyl (C=O) groups excluding carboxylic acids is 1. The number of piperidine rings is 1. The smallest absolute Gasteiger partial charge is 0.254 e. The van der Waals surface area contributed by atoms with Crippen molar-refractivity contribution in [1.29, 1.82) is 0 Å². The molecule has 0 aromatic heterocycles. The molecular weight excluding hydrogens is 523 g/mol. The van der Waals surface area contributed by atoms with Crippen molar-refractivity contribution in [3.8, 4) is 5.75 Å². The van der Waals surface area contributed by atoms with Gasteiger partial charge in [0.1, 0.15) is 34.2 Å². The Labute approximate surface area is 226 Å². The zero-order valence-corrected chi connectivity index (χ0v) is 23.7. The van der Waals surface area contributed by atoms with Crippen LogP contribution in [-0.4, -0.2) is 63.5 Å². The Morgan fingerprint density at radius 3 is 2.58 bits per heavy atom. The van der Waals surface area contributed by atoms with Crippen molar-refractivity contribution < 1.29 is 23.6 Å². The predicted octanol–water partition coefficient (Wildman–Crippen LogP) is 5.20. The Kier molecular flexibility index (Phi) is 8.06. The van der Waals surface area contributed by atoms with E-state index in [0.717, 1.165) is 6.42 Å². The Morgan fingerprint density at radius 2 is 2.03 bits per heavy atom. The lowest BCUT2D eigenvalue weighted by molar-refractivity contribution is -0.161. The van der Waals surface area contributed by atoms with E-state index in [1.807, 2.05) is 39.5 Å². The van der Waals surface area contributed by atoms with E-state index in [1.165, 1.54) is 0 Å². The van der Waals surface area contributed by atoms with Crippen LogP contribution in [0.4, 0.5) is 0 Å². The summed E-state index contributed by atoms with van der Waals surface area (Å²) in [6, 6.07) is 3.45. The van der Waals surface area contributed by atoms with Gasteiger partial charge in [-0.15, -0.1) is 0 Å². The summed E-state index contributed by atoms with van der Waals surface area (Å²) in [6.07, 6.45) is 2.61. The van der Waals surface area contributed by atoms with Crippen LogP contribution in [0.15, 0.2) is 29.2 Å². The molecule has 10 heteroatoms. The molecule has 3 fully saturated rings. The van der Waals surface area contributed by atoms with Gasteiger partial charge in [0.05, 0.1) is 16.7 Å². The summed E-state index contributed by atoms with van der Waals surface area (Å²) < 4.78 is 34.8. The zero-order valence-electron chi connectivity index (χ0n) is 21.4. The van der Waals surface area contributed by atoms with Crippen LogP contribution in [0.1, 0.15) is 53.0 Å². The average molecular weight is 558 g/mol. The number of rotatable bonds is 7. The molecule has 0 radical (unpaired) electrons. The largest absolute Gasteiger partial charge is 0.591 e. The van der Waals surface area contributed by atoms with Crippen LogP contribution in [0.3, 0.4) is 0 Å². The van der Waals surface area contributed by atoms with Gasteiger partial charge in [0.15, 0.2) is 11.9 Å². The van der Waals surface area contributed by atoms with Gasteiger partial charge in [-0.2, -0.15) is 0 Å². The first-order valence-electron chi connectivity index (χ1n) is 12.2. The van der Waals surface area contributed by atoms with Gasteiger partial charge >= 0.3 is 0 Å². The van der Waals surface area contributed by atoms with Crippen molar-refractivity contribution in [2.75, 3.05) is 19.8 Å². The molecule has 2 saturated heterocycles. The molecule has 198 valence electrons. The molecule has 7 nitrogen and oxygen atoms in total. The number of ether oxygens (including phenoxy) is 3. The number of halogens is 2. The number of hydrogen-bond acceptors (Lipinski definition) is 6. The molecule has 3 aliphatic rings. The van der Waals surface area contributed by atoms with E-state index in [0.29, 0.717) is 40.0 Å². The van der Waals surface area contributed by atoms with Crippen LogP contribution in [0.25, 0.3) is 0 Å². The zero-order chi connectivity index (χ0) is 26.4. The Bertz CT molecular complexity index is 1060. The summed E-state index contributed by atoms with van der Waals surface area (Å²) in [5.41, 5.74) is 1.36. The van der Waals surface area contributed by atoms with Crippen molar-refractivity contribution >= 4 is 46.2 Å². The van der Waals surface area contributed by atoms with Crippen molar-refractivity contribution in [2.24, 2.45) is 16.2 Å².